The van der Waals surface area contributed by atoms with Crippen LogP contribution in [0.2, 0.25) is 0 Å². The van der Waals surface area contributed by atoms with Crippen molar-refractivity contribution in [3.8, 4) is 6.01 Å². The molecule has 1 fully saturated rings. The molecule has 8 nitrogen and oxygen atoms in total. The summed E-state index contributed by atoms with van der Waals surface area (Å²) in [6.45, 7) is 0.591. The fourth-order valence-electron chi connectivity index (χ4n) is 2.50. The molecule has 2 atom stereocenters. The van der Waals surface area contributed by atoms with Gasteiger partial charge in [-0.05, 0) is 18.6 Å². The highest BCUT2D eigenvalue weighted by Crippen LogP contribution is 2.28. The molecule has 0 saturated carbocycles. The number of rotatable bonds is 4. The summed E-state index contributed by atoms with van der Waals surface area (Å²) in [5, 5.41) is 7.10. The van der Waals surface area contributed by atoms with Crippen LogP contribution in [0.15, 0.2) is 24.5 Å². The van der Waals surface area contributed by atoms with Crippen molar-refractivity contribution >= 4 is 5.91 Å². The number of carbonyl (C=O) groups excluding carboxylic acids is 1. The SMILES string of the molecule is COc1nccc(C(=O)N[C@H]2CCO[C@@H]2c2ccnn2C)n1. The number of amides is 1. The maximum atomic E-state index is 12.3. The number of ether oxygens (including phenoxy) is 2. The molecule has 1 saturated heterocycles. The lowest BCUT2D eigenvalue weighted by molar-refractivity contribution is 0.0789. The van der Waals surface area contributed by atoms with Crippen LogP contribution in [0.5, 0.6) is 6.01 Å². The molecule has 0 spiro atoms. The van der Waals surface area contributed by atoms with E-state index in [0.29, 0.717) is 6.61 Å². The molecule has 0 unspecified atom stereocenters. The Morgan fingerprint density at radius 1 is 1.45 bits per heavy atom. The number of aromatic nitrogens is 4. The molecule has 22 heavy (non-hydrogen) atoms. The molecule has 116 valence electrons. The molecule has 1 aliphatic rings. The second-order valence-corrected chi connectivity index (χ2v) is 4.97. The van der Waals surface area contributed by atoms with Crippen LogP contribution in [-0.2, 0) is 11.8 Å². The Morgan fingerprint density at radius 2 is 2.32 bits per heavy atom. The van der Waals surface area contributed by atoms with Crippen molar-refractivity contribution in [1.29, 1.82) is 0 Å². The maximum absolute atomic E-state index is 12.3. The number of hydrogen-bond acceptors (Lipinski definition) is 6. The van der Waals surface area contributed by atoms with Crippen LogP contribution in [-0.4, -0.2) is 45.4 Å². The molecule has 0 bridgehead atoms. The third kappa shape index (κ3) is 2.77. The molecule has 3 heterocycles. The zero-order valence-corrected chi connectivity index (χ0v) is 12.4. The minimum Gasteiger partial charge on any atom is -0.467 e. The summed E-state index contributed by atoms with van der Waals surface area (Å²) < 4.78 is 12.4. The van der Waals surface area contributed by atoms with Gasteiger partial charge in [0.2, 0.25) is 0 Å². The quantitative estimate of drug-likeness (QED) is 0.883. The molecule has 1 aliphatic heterocycles. The second kappa shape index (κ2) is 6.10. The molecule has 8 heteroatoms. The highest BCUT2D eigenvalue weighted by atomic mass is 16.5. The molecular formula is C14H17N5O3. The summed E-state index contributed by atoms with van der Waals surface area (Å²) in [6.07, 6.45) is 3.74. The van der Waals surface area contributed by atoms with Gasteiger partial charge in [0.1, 0.15) is 11.8 Å². The molecule has 1 N–H and O–H groups in total. The third-order valence-corrected chi connectivity index (χ3v) is 3.61. The van der Waals surface area contributed by atoms with E-state index in [2.05, 4.69) is 20.4 Å². The van der Waals surface area contributed by atoms with Gasteiger partial charge < -0.3 is 14.8 Å². The van der Waals surface area contributed by atoms with Crippen LogP contribution in [0.25, 0.3) is 0 Å². The monoisotopic (exact) mass is 303 g/mol. The van der Waals surface area contributed by atoms with Gasteiger partial charge in [-0.1, -0.05) is 0 Å². The molecule has 0 aromatic carbocycles. The zero-order valence-electron chi connectivity index (χ0n) is 12.4. The van der Waals surface area contributed by atoms with Gasteiger partial charge in [0.05, 0.1) is 18.8 Å². The number of hydrogen-bond donors (Lipinski definition) is 1. The Bertz CT molecular complexity index is 672. The number of aryl methyl sites for hydroxylation is 1. The minimum absolute atomic E-state index is 0.121. The van der Waals surface area contributed by atoms with E-state index >= 15 is 0 Å². The standard InChI is InChI=1S/C14H17N5O3/c1-19-11(4-7-16-19)12-9(5-8-22-12)17-13(20)10-3-6-15-14(18-10)21-2/h3-4,6-7,9,12H,5,8H2,1-2H3,(H,17,20)/t9-,12-/m0/s1. The molecule has 0 aliphatic carbocycles. The summed E-state index contributed by atoms with van der Waals surface area (Å²) in [7, 11) is 3.31. The van der Waals surface area contributed by atoms with E-state index in [-0.39, 0.29) is 29.8 Å². The van der Waals surface area contributed by atoms with E-state index in [1.54, 1.807) is 16.9 Å². The number of carbonyl (C=O) groups is 1. The smallest absolute Gasteiger partial charge is 0.316 e. The lowest BCUT2D eigenvalue weighted by Gasteiger charge is -2.19. The first kappa shape index (κ1) is 14.5. The first-order valence-corrected chi connectivity index (χ1v) is 6.96. The average Bonchev–Trinajstić information content (AvgIpc) is 3.15. The van der Waals surface area contributed by atoms with E-state index in [0.717, 1.165) is 12.1 Å². The molecule has 1 amide bonds. The van der Waals surface area contributed by atoms with Crippen molar-refractivity contribution in [2.45, 2.75) is 18.6 Å². The van der Waals surface area contributed by atoms with Crippen LogP contribution in [0.3, 0.4) is 0 Å². The highest BCUT2D eigenvalue weighted by Gasteiger charge is 2.33. The zero-order chi connectivity index (χ0) is 15.5. The average molecular weight is 303 g/mol. The normalized spacial score (nSPS) is 20.8. The highest BCUT2D eigenvalue weighted by molar-refractivity contribution is 5.92. The van der Waals surface area contributed by atoms with Crippen LogP contribution >= 0.6 is 0 Å². The van der Waals surface area contributed by atoms with Crippen molar-refractivity contribution in [2.75, 3.05) is 13.7 Å². The predicted molar refractivity (Wildman–Crippen MR) is 76.4 cm³/mol. The van der Waals surface area contributed by atoms with Crippen LogP contribution in [0, 0.1) is 0 Å². The summed E-state index contributed by atoms with van der Waals surface area (Å²) in [5.41, 5.74) is 1.20. The Kier molecular flexibility index (Phi) is 4.01. The fraction of sp³-hybridized carbons (Fsp3) is 0.429. The third-order valence-electron chi connectivity index (χ3n) is 3.61. The van der Waals surface area contributed by atoms with E-state index in [1.807, 2.05) is 13.1 Å². The van der Waals surface area contributed by atoms with Gasteiger partial charge in [0, 0.05) is 26.0 Å². The lowest BCUT2D eigenvalue weighted by atomic mass is 10.1. The molecular weight excluding hydrogens is 286 g/mol. The molecule has 0 radical (unpaired) electrons. The van der Waals surface area contributed by atoms with Gasteiger partial charge >= 0.3 is 6.01 Å². The van der Waals surface area contributed by atoms with Crippen LogP contribution < -0.4 is 10.1 Å². The van der Waals surface area contributed by atoms with Crippen molar-refractivity contribution in [3.05, 3.63) is 35.9 Å². The number of nitrogens with one attached hydrogen (secondary N) is 1. The molecule has 2 aromatic heterocycles. The largest absolute Gasteiger partial charge is 0.467 e. The van der Waals surface area contributed by atoms with E-state index in [1.165, 1.54) is 13.3 Å². The van der Waals surface area contributed by atoms with Crippen LogP contribution in [0.4, 0.5) is 0 Å². The van der Waals surface area contributed by atoms with Gasteiger partial charge in [-0.3, -0.25) is 9.48 Å². The first-order chi connectivity index (χ1) is 10.7. The van der Waals surface area contributed by atoms with Gasteiger partial charge in [-0.2, -0.15) is 10.1 Å². The Balaban J connectivity index is 1.74. The summed E-state index contributed by atoms with van der Waals surface area (Å²) in [4.78, 5) is 20.3. The predicted octanol–water partition coefficient (Wildman–Crippen LogP) is 0.479. The number of nitrogens with zero attached hydrogens (tertiary/aromatic N) is 4. The summed E-state index contributed by atoms with van der Waals surface area (Å²) in [5.74, 6) is -0.275. The van der Waals surface area contributed by atoms with Crippen molar-refractivity contribution < 1.29 is 14.3 Å². The second-order valence-electron chi connectivity index (χ2n) is 4.97. The van der Waals surface area contributed by atoms with E-state index < -0.39 is 0 Å². The van der Waals surface area contributed by atoms with Crippen molar-refractivity contribution in [2.24, 2.45) is 7.05 Å². The Labute approximate surface area is 127 Å². The van der Waals surface area contributed by atoms with E-state index in [9.17, 15) is 4.79 Å². The Hall–Kier alpha value is -2.48. The van der Waals surface area contributed by atoms with E-state index in [4.69, 9.17) is 9.47 Å². The maximum Gasteiger partial charge on any atom is 0.316 e. The topological polar surface area (TPSA) is 91.2 Å². The van der Waals surface area contributed by atoms with Crippen molar-refractivity contribution in [1.82, 2.24) is 25.1 Å². The minimum atomic E-state index is -0.275. The summed E-state index contributed by atoms with van der Waals surface area (Å²) in [6, 6.07) is 3.48. The fourth-order valence-corrected chi connectivity index (χ4v) is 2.50. The lowest BCUT2D eigenvalue weighted by Crippen LogP contribution is -2.37. The number of methoxy groups -OCH3 is 1. The van der Waals surface area contributed by atoms with Gasteiger partial charge in [-0.15, -0.1) is 0 Å². The molecule has 2 aromatic rings. The van der Waals surface area contributed by atoms with Gasteiger partial charge in [-0.25, -0.2) is 4.98 Å². The van der Waals surface area contributed by atoms with Gasteiger partial charge in [0.25, 0.3) is 5.91 Å². The Morgan fingerprint density at radius 3 is 3.05 bits per heavy atom. The first-order valence-electron chi connectivity index (χ1n) is 6.96. The summed E-state index contributed by atoms with van der Waals surface area (Å²) >= 11 is 0. The molecule has 3 rings (SSSR count). The van der Waals surface area contributed by atoms with Crippen LogP contribution in [0.1, 0.15) is 28.7 Å². The van der Waals surface area contributed by atoms with Crippen molar-refractivity contribution in [3.63, 3.8) is 0 Å². The van der Waals surface area contributed by atoms with Gasteiger partial charge in [0.15, 0.2) is 0 Å².